The van der Waals surface area contributed by atoms with Crippen LogP contribution < -0.4 is 5.73 Å². The molecule has 0 atom stereocenters. The van der Waals surface area contributed by atoms with Crippen molar-refractivity contribution < 1.29 is 17.3 Å². The van der Waals surface area contributed by atoms with Gasteiger partial charge in [0.1, 0.15) is 5.69 Å². The van der Waals surface area contributed by atoms with Gasteiger partial charge >= 0.3 is 6.18 Å². The Morgan fingerprint density at radius 3 is 2.67 bits per heavy atom. The lowest BCUT2D eigenvalue weighted by atomic mass is 10.2. The second-order valence-electron chi connectivity index (χ2n) is 2.12. The van der Waals surface area contributed by atoms with E-state index in [1.54, 1.807) is 0 Å². The van der Waals surface area contributed by atoms with Gasteiger partial charge in [-0.15, -0.1) is 0 Å². The molecule has 1 aromatic rings. The molecule has 0 aliphatic carbocycles. The van der Waals surface area contributed by atoms with Gasteiger partial charge in [0.2, 0.25) is 0 Å². The Labute approximate surface area is 71.4 Å². The average Bonchev–Trinajstić information content (AvgIpc) is 1.99. The van der Waals surface area contributed by atoms with Gasteiger partial charge in [0.05, 0.1) is 0 Å². The lowest BCUT2D eigenvalue weighted by Crippen LogP contribution is -2.11. The van der Waals surface area contributed by atoms with Crippen molar-refractivity contribution in [3.05, 3.63) is 23.5 Å². The quantitative estimate of drug-likeness (QED) is 0.661. The summed E-state index contributed by atoms with van der Waals surface area (Å²) >= 11 is 0. The summed E-state index contributed by atoms with van der Waals surface area (Å²) in [5, 5.41) is 0. The number of aromatic nitrogens is 1. The summed E-state index contributed by atoms with van der Waals surface area (Å²) in [5.74, 6) is 0. The van der Waals surface area contributed by atoms with Crippen LogP contribution in [0.2, 0.25) is 0 Å². The lowest BCUT2D eigenvalue weighted by Gasteiger charge is -2.09. The topological polar surface area (TPSA) is 38.9 Å². The number of nitrogens with zero attached hydrogens (tertiary/aromatic N) is 1. The monoisotopic (exact) mass is 179 g/mol. The van der Waals surface area contributed by atoms with Crippen molar-refractivity contribution >= 4 is 5.69 Å². The Bertz CT molecular complexity index is 373. The summed E-state index contributed by atoms with van der Waals surface area (Å²) in [6.45, 7) is -2.93. The molecule has 0 bridgehead atoms. The number of hydrogen-bond acceptors (Lipinski definition) is 2. The lowest BCUT2D eigenvalue weighted by molar-refractivity contribution is -0.141. The van der Waals surface area contributed by atoms with E-state index < -0.39 is 30.0 Å². The van der Waals surface area contributed by atoms with Crippen molar-refractivity contribution in [2.24, 2.45) is 0 Å². The number of anilines is 1. The van der Waals surface area contributed by atoms with Crippen LogP contribution in [0, 0.1) is 6.85 Å². The van der Waals surface area contributed by atoms with E-state index in [2.05, 4.69) is 4.98 Å². The predicted octanol–water partition coefficient (Wildman–Crippen LogP) is 1.99. The summed E-state index contributed by atoms with van der Waals surface area (Å²) in [7, 11) is 0. The van der Waals surface area contributed by atoms with E-state index in [0.717, 1.165) is 12.3 Å². The zero-order valence-corrected chi connectivity index (χ0v) is 5.81. The van der Waals surface area contributed by atoms with Crippen molar-refractivity contribution in [2.75, 3.05) is 5.73 Å². The number of pyridine rings is 1. The van der Waals surface area contributed by atoms with E-state index in [1.165, 1.54) is 0 Å². The van der Waals surface area contributed by atoms with Gasteiger partial charge < -0.3 is 5.73 Å². The minimum Gasteiger partial charge on any atom is -0.398 e. The van der Waals surface area contributed by atoms with E-state index in [9.17, 15) is 13.2 Å². The highest BCUT2D eigenvalue weighted by Crippen LogP contribution is 2.31. The van der Waals surface area contributed by atoms with E-state index in [4.69, 9.17) is 9.85 Å². The summed E-state index contributed by atoms with van der Waals surface area (Å²) in [4.78, 5) is 3.01. The zero-order valence-electron chi connectivity index (χ0n) is 8.81. The van der Waals surface area contributed by atoms with Gasteiger partial charge in [0.25, 0.3) is 0 Å². The molecule has 0 fully saturated rings. The van der Waals surface area contributed by atoms with Crippen molar-refractivity contribution in [1.82, 2.24) is 4.98 Å². The molecular weight excluding hydrogens is 169 g/mol. The van der Waals surface area contributed by atoms with Gasteiger partial charge in [-0.05, 0) is 12.9 Å². The molecule has 66 valence electrons. The molecule has 0 radical (unpaired) electrons. The second-order valence-corrected chi connectivity index (χ2v) is 2.12. The largest absolute Gasteiger partial charge is 0.433 e. The molecule has 0 aliphatic heterocycles. The summed E-state index contributed by atoms with van der Waals surface area (Å²) < 4.78 is 58.0. The van der Waals surface area contributed by atoms with Crippen LogP contribution in [0.1, 0.15) is 15.4 Å². The third-order valence-corrected chi connectivity index (χ3v) is 1.25. The fourth-order valence-corrected chi connectivity index (χ4v) is 0.692. The summed E-state index contributed by atoms with van der Waals surface area (Å²) in [5.41, 5.74) is 2.37. The Kier molecular flexibility index (Phi) is 1.19. The van der Waals surface area contributed by atoms with E-state index in [-0.39, 0.29) is 0 Å². The fourth-order valence-electron chi connectivity index (χ4n) is 0.692. The molecule has 2 N–H and O–H groups in total. The predicted molar refractivity (Wildman–Crippen MR) is 38.4 cm³/mol. The van der Waals surface area contributed by atoms with Crippen LogP contribution in [0.3, 0.4) is 0 Å². The van der Waals surface area contributed by atoms with Gasteiger partial charge in [-0.2, -0.15) is 13.2 Å². The molecule has 0 aromatic carbocycles. The van der Waals surface area contributed by atoms with Crippen LogP contribution in [0.4, 0.5) is 18.9 Å². The van der Waals surface area contributed by atoms with Gasteiger partial charge in [0, 0.05) is 21.6 Å². The summed E-state index contributed by atoms with van der Waals surface area (Å²) in [6, 6.07) is 1.02. The molecule has 2 nitrogen and oxygen atoms in total. The first-order chi connectivity index (χ1) is 6.64. The molecule has 1 heterocycles. The molecule has 0 unspecified atom stereocenters. The van der Waals surface area contributed by atoms with Crippen molar-refractivity contribution in [1.29, 1.82) is 0 Å². The highest BCUT2D eigenvalue weighted by atomic mass is 19.4. The molecule has 0 aliphatic rings. The standard InChI is InChI=1S/C7H7F3N2/c1-4-5(11)2-3-12-6(4)7(8,9)10/h2-3H,1H3,(H2,11,12)/i1D3. The highest BCUT2D eigenvalue weighted by Gasteiger charge is 2.34. The number of alkyl halides is 3. The smallest absolute Gasteiger partial charge is 0.398 e. The Hall–Kier alpha value is -1.26. The van der Waals surface area contributed by atoms with Crippen LogP contribution >= 0.6 is 0 Å². The SMILES string of the molecule is [2H]C([2H])([2H])c1c(N)ccnc1C(F)(F)F. The highest BCUT2D eigenvalue weighted by molar-refractivity contribution is 5.47. The minimum absolute atomic E-state index is 0.433. The van der Waals surface area contributed by atoms with Crippen molar-refractivity contribution in [2.45, 2.75) is 13.0 Å². The first kappa shape index (κ1) is 5.40. The van der Waals surface area contributed by atoms with Gasteiger partial charge in [0.15, 0.2) is 0 Å². The van der Waals surface area contributed by atoms with Gasteiger partial charge in [-0.1, -0.05) is 0 Å². The van der Waals surface area contributed by atoms with E-state index in [0.29, 0.717) is 0 Å². The first-order valence-electron chi connectivity index (χ1n) is 4.46. The normalized spacial score (nSPS) is 16.4. The van der Waals surface area contributed by atoms with E-state index in [1.807, 2.05) is 0 Å². The molecule has 0 saturated heterocycles. The molecule has 0 amide bonds. The second kappa shape index (κ2) is 2.66. The van der Waals surface area contributed by atoms with Crippen LogP contribution in [-0.4, -0.2) is 4.98 Å². The Morgan fingerprint density at radius 1 is 1.58 bits per heavy atom. The van der Waals surface area contributed by atoms with Crippen molar-refractivity contribution in [3.8, 4) is 0 Å². The first-order valence-corrected chi connectivity index (χ1v) is 2.96. The van der Waals surface area contributed by atoms with E-state index >= 15 is 0 Å². The van der Waals surface area contributed by atoms with Crippen LogP contribution in [0.25, 0.3) is 0 Å². The van der Waals surface area contributed by atoms with Crippen LogP contribution in [-0.2, 0) is 6.18 Å². The number of nitrogens with two attached hydrogens (primary N) is 1. The van der Waals surface area contributed by atoms with Gasteiger partial charge in [-0.25, -0.2) is 0 Å². The minimum atomic E-state index is -4.82. The molecule has 1 aromatic heterocycles. The zero-order chi connectivity index (χ0) is 11.9. The maximum absolute atomic E-state index is 12.4. The Morgan fingerprint density at radius 2 is 2.25 bits per heavy atom. The number of hydrogen-bond donors (Lipinski definition) is 1. The molecular formula is C7H7F3N2. The Balaban J connectivity index is 3.48. The molecule has 5 heteroatoms. The van der Waals surface area contributed by atoms with Gasteiger partial charge in [-0.3, -0.25) is 4.98 Å². The molecule has 1 rings (SSSR count). The molecule has 0 saturated carbocycles. The maximum Gasteiger partial charge on any atom is 0.433 e. The van der Waals surface area contributed by atoms with Crippen LogP contribution in [0.5, 0.6) is 0 Å². The third kappa shape index (κ3) is 1.49. The third-order valence-electron chi connectivity index (χ3n) is 1.25. The fraction of sp³-hybridized carbons (Fsp3) is 0.286. The van der Waals surface area contributed by atoms with Crippen molar-refractivity contribution in [3.63, 3.8) is 0 Å². The maximum atomic E-state index is 12.4. The number of rotatable bonds is 0. The number of nitrogen functional groups attached to an aromatic ring is 1. The molecule has 0 spiro atoms. The average molecular weight is 179 g/mol. The number of halogens is 3. The summed E-state index contributed by atoms with van der Waals surface area (Å²) in [6.07, 6.45) is -3.99. The molecule has 12 heavy (non-hydrogen) atoms. The van der Waals surface area contributed by atoms with Crippen LogP contribution in [0.15, 0.2) is 12.3 Å².